The molecule has 2 fully saturated rings. The van der Waals surface area contributed by atoms with Crippen LogP contribution >= 0.6 is 0 Å². The Morgan fingerprint density at radius 2 is 1.78 bits per heavy atom. The van der Waals surface area contributed by atoms with Gasteiger partial charge in [-0.25, -0.2) is 4.79 Å². The predicted octanol–water partition coefficient (Wildman–Crippen LogP) is 3.68. The summed E-state index contributed by atoms with van der Waals surface area (Å²) in [7, 11) is 1.96. The molecule has 5 rings (SSSR count). The summed E-state index contributed by atoms with van der Waals surface area (Å²) in [4.78, 5) is 29.3. The number of fused-ring (bicyclic) bond motifs is 1. The van der Waals surface area contributed by atoms with Crippen molar-refractivity contribution < 1.29 is 19.1 Å². The smallest absolute Gasteiger partial charge is 0.410 e. The average molecular weight is 434 g/mol. The first-order valence-electron chi connectivity index (χ1n) is 11.1. The molecule has 0 aliphatic carbocycles. The Morgan fingerprint density at radius 3 is 2.56 bits per heavy atom. The Labute approximate surface area is 187 Å². The Morgan fingerprint density at radius 1 is 1.06 bits per heavy atom. The van der Waals surface area contributed by atoms with Crippen LogP contribution in [0, 0.1) is 0 Å². The van der Waals surface area contributed by atoms with Crippen molar-refractivity contribution in [2.75, 3.05) is 26.2 Å². The number of hydrogen-bond acceptors (Lipinski definition) is 4. The van der Waals surface area contributed by atoms with Crippen molar-refractivity contribution in [3.05, 3.63) is 66.4 Å². The molecular formula is C25H27N3O4. The van der Waals surface area contributed by atoms with Crippen molar-refractivity contribution in [3.63, 3.8) is 0 Å². The number of rotatable bonds is 5. The van der Waals surface area contributed by atoms with Crippen molar-refractivity contribution in [1.82, 2.24) is 14.4 Å². The summed E-state index contributed by atoms with van der Waals surface area (Å²) in [5.41, 5.74) is 1.79. The Kier molecular flexibility index (Phi) is 5.47. The van der Waals surface area contributed by atoms with E-state index in [2.05, 4.69) is 0 Å². The fraction of sp³-hybridized carbons (Fsp3) is 0.360. The summed E-state index contributed by atoms with van der Waals surface area (Å²) in [6.45, 7) is 2.11. The number of ether oxygens (including phenoxy) is 2. The Balaban J connectivity index is 1.17. The summed E-state index contributed by atoms with van der Waals surface area (Å²) >= 11 is 0. The molecule has 0 radical (unpaired) electrons. The number of aryl methyl sites for hydroxylation is 1. The highest BCUT2D eigenvalue weighted by molar-refractivity contribution is 6.07. The number of likely N-dealkylation sites (tertiary alicyclic amines) is 1. The normalized spacial score (nSPS) is 19.4. The summed E-state index contributed by atoms with van der Waals surface area (Å²) in [5, 5.41) is 0.978. The molecule has 2 amide bonds. The highest BCUT2D eigenvalue weighted by atomic mass is 16.6. The first-order valence-corrected chi connectivity index (χ1v) is 11.1. The zero-order valence-electron chi connectivity index (χ0n) is 18.1. The van der Waals surface area contributed by atoms with Crippen LogP contribution in [0.4, 0.5) is 4.79 Å². The second-order valence-corrected chi connectivity index (χ2v) is 8.48. The van der Waals surface area contributed by atoms with Crippen LogP contribution in [0.1, 0.15) is 23.2 Å². The van der Waals surface area contributed by atoms with E-state index in [0.29, 0.717) is 26.2 Å². The highest BCUT2D eigenvalue weighted by Gasteiger charge is 2.38. The summed E-state index contributed by atoms with van der Waals surface area (Å²) in [5.74, 6) is 0.820. The van der Waals surface area contributed by atoms with Crippen LogP contribution in [-0.4, -0.2) is 64.8 Å². The standard InChI is InChI=1S/C25H27N3O4/c1-26-16-22(21-9-5-6-10-23(21)26)24(29)27-13-11-18(12-14-27)28-15-20(32-25(28)30)17-31-19-7-3-2-4-8-19/h2-10,16,18,20H,11-15,17H2,1H3. The maximum Gasteiger partial charge on any atom is 0.410 e. The van der Waals surface area contributed by atoms with Crippen LogP contribution in [0.5, 0.6) is 5.75 Å². The number of nitrogens with zero attached hydrogens (tertiary/aromatic N) is 3. The third-order valence-corrected chi connectivity index (χ3v) is 6.40. The average Bonchev–Trinajstić information content (AvgIpc) is 3.38. The number of aromatic nitrogens is 1. The van der Waals surface area contributed by atoms with E-state index in [-0.39, 0.29) is 24.1 Å². The molecule has 1 unspecified atom stereocenters. The lowest BCUT2D eigenvalue weighted by atomic mass is 10.0. The molecular weight excluding hydrogens is 406 g/mol. The van der Waals surface area contributed by atoms with Gasteiger partial charge >= 0.3 is 6.09 Å². The minimum atomic E-state index is -0.287. The SMILES string of the molecule is Cn1cc(C(=O)N2CCC(N3CC(COc4ccccc4)OC3=O)CC2)c2ccccc21. The monoisotopic (exact) mass is 433 g/mol. The molecule has 1 aromatic heterocycles. The second kappa shape index (κ2) is 8.57. The van der Waals surface area contributed by atoms with Gasteiger partial charge in [0, 0.05) is 43.3 Å². The van der Waals surface area contributed by atoms with E-state index in [1.165, 1.54) is 0 Å². The molecule has 32 heavy (non-hydrogen) atoms. The van der Waals surface area contributed by atoms with E-state index in [1.54, 1.807) is 4.90 Å². The third kappa shape index (κ3) is 3.90. The number of piperidine rings is 1. The van der Waals surface area contributed by atoms with Crippen LogP contribution in [0.3, 0.4) is 0 Å². The summed E-state index contributed by atoms with van der Waals surface area (Å²) in [6, 6.07) is 17.6. The summed E-state index contributed by atoms with van der Waals surface area (Å²) < 4.78 is 13.3. The largest absolute Gasteiger partial charge is 0.490 e. The minimum absolute atomic E-state index is 0.0541. The van der Waals surface area contributed by atoms with Gasteiger partial charge in [0.15, 0.2) is 6.10 Å². The fourth-order valence-corrected chi connectivity index (χ4v) is 4.70. The highest BCUT2D eigenvalue weighted by Crippen LogP contribution is 2.26. The summed E-state index contributed by atoms with van der Waals surface area (Å²) in [6.07, 6.45) is 2.84. The van der Waals surface area contributed by atoms with Gasteiger partial charge in [0.1, 0.15) is 12.4 Å². The number of amides is 2. The number of para-hydroxylation sites is 2. The molecule has 7 heteroatoms. The Bertz CT molecular complexity index is 1120. The zero-order valence-corrected chi connectivity index (χ0v) is 18.1. The van der Waals surface area contributed by atoms with E-state index in [0.717, 1.165) is 35.1 Å². The van der Waals surface area contributed by atoms with Gasteiger partial charge in [-0.1, -0.05) is 36.4 Å². The maximum absolute atomic E-state index is 13.2. The van der Waals surface area contributed by atoms with Crippen molar-refractivity contribution in [2.24, 2.45) is 7.05 Å². The number of benzene rings is 2. The number of carbonyl (C=O) groups is 2. The van der Waals surface area contributed by atoms with E-state index in [1.807, 2.05) is 77.3 Å². The van der Waals surface area contributed by atoms with Gasteiger partial charge in [0.05, 0.1) is 12.1 Å². The first kappa shape index (κ1) is 20.4. The van der Waals surface area contributed by atoms with Crippen LogP contribution in [-0.2, 0) is 11.8 Å². The first-order chi connectivity index (χ1) is 15.6. The van der Waals surface area contributed by atoms with Crippen LogP contribution < -0.4 is 4.74 Å². The number of hydrogen-bond donors (Lipinski definition) is 0. The minimum Gasteiger partial charge on any atom is -0.490 e. The fourth-order valence-electron chi connectivity index (χ4n) is 4.70. The molecule has 1 atom stereocenters. The van der Waals surface area contributed by atoms with Crippen molar-refractivity contribution >= 4 is 22.9 Å². The molecule has 2 aromatic carbocycles. The van der Waals surface area contributed by atoms with Crippen molar-refractivity contribution in [1.29, 1.82) is 0 Å². The van der Waals surface area contributed by atoms with Gasteiger partial charge < -0.3 is 23.8 Å². The van der Waals surface area contributed by atoms with E-state index < -0.39 is 0 Å². The van der Waals surface area contributed by atoms with E-state index in [4.69, 9.17) is 9.47 Å². The topological polar surface area (TPSA) is 64.0 Å². The van der Waals surface area contributed by atoms with Gasteiger partial charge in [0.25, 0.3) is 5.91 Å². The number of carbonyl (C=O) groups excluding carboxylic acids is 2. The zero-order chi connectivity index (χ0) is 22.1. The lowest BCUT2D eigenvalue weighted by Gasteiger charge is -2.35. The molecule has 7 nitrogen and oxygen atoms in total. The lowest BCUT2D eigenvalue weighted by Crippen LogP contribution is -2.47. The quantitative estimate of drug-likeness (QED) is 0.616. The van der Waals surface area contributed by atoms with E-state index >= 15 is 0 Å². The Hall–Kier alpha value is -3.48. The molecule has 2 aliphatic rings. The molecule has 0 N–H and O–H groups in total. The number of cyclic esters (lactones) is 1. The van der Waals surface area contributed by atoms with E-state index in [9.17, 15) is 9.59 Å². The molecule has 0 saturated carbocycles. The van der Waals surface area contributed by atoms with Crippen LogP contribution in [0.2, 0.25) is 0 Å². The molecule has 3 aromatic rings. The van der Waals surface area contributed by atoms with Gasteiger partial charge in [-0.05, 0) is 31.0 Å². The van der Waals surface area contributed by atoms with Gasteiger partial charge in [-0.2, -0.15) is 0 Å². The van der Waals surface area contributed by atoms with Crippen LogP contribution in [0.15, 0.2) is 60.8 Å². The lowest BCUT2D eigenvalue weighted by molar-refractivity contribution is 0.0660. The van der Waals surface area contributed by atoms with Crippen molar-refractivity contribution in [2.45, 2.75) is 25.0 Å². The van der Waals surface area contributed by atoms with Gasteiger partial charge in [-0.15, -0.1) is 0 Å². The molecule has 0 spiro atoms. The van der Waals surface area contributed by atoms with Gasteiger partial charge in [0.2, 0.25) is 0 Å². The van der Waals surface area contributed by atoms with Gasteiger partial charge in [-0.3, -0.25) is 4.79 Å². The predicted molar refractivity (Wildman–Crippen MR) is 121 cm³/mol. The molecule has 3 heterocycles. The molecule has 2 aliphatic heterocycles. The van der Waals surface area contributed by atoms with Crippen LogP contribution in [0.25, 0.3) is 10.9 Å². The third-order valence-electron chi connectivity index (χ3n) is 6.40. The second-order valence-electron chi connectivity index (χ2n) is 8.48. The molecule has 166 valence electrons. The molecule has 0 bridgehead atoms. The van der Waals surface area contributed by atoms with Crippen molar-refractivity contribution in [3.8, 4) is 5.75 Å². The maximum atomic E-state index is 13.2. The molecule has 2 saturated heterocycles.